The van der Waals surface area contributed by atoms with Gasteiger partial charge in [0.25, 0.3) is 0 Å². The van der Waals surface area contributed by atoms with Crippen LogP contribution in [0.5, 0.6) is 0 Å². The lowest BCUT2D eigenvalue weighted by Crippen LogP contribution is -2.43. The third-order valence-electron chi connectivity index (χ3n) is 4.83. The minimum absolute atomic E-state index is 0.590. The van der Waals surface area contributed by atoms with E-state index in [4.69, 9.17) is 0 Å². The quantitative estimate of drug-likeness (QED) is 0.792. The molecule has 0 radical (unpaired) electrons. The van der Waals surface area contributed by atoms with Crippen LogP contribution in [0.1, 0.15) is 52.9 Å². The second-order valence-electron chi connectivity index (χ2n) is 6.60. The van der Waals surface area contributed by atoms with Gasteiger partial charge in [-0.3, -0.25) is 4.90 Å². The van der Waals surface area contributed by atoms with Gasteiger partial charge in [-0.05, 0) is 50.1 Å². The van der Waals surface area contributed by atoms with Crippen molar-refractivity contribution in [2.24, 2.45) is 11.3 Å². The summed E-state index contributed by atoms with van der Waals surface area (Å²) < 4.78 is 0. The molecule has 2 heterocycles. The average Bonchev–Trinajstić information content (AvgIpc) is 2.89. The van der Waals surface area contributed by atoms with Crippen LogP contribution in [0.3, 0.4) is 0 Å². The molecule has 2 rings (SSSR count). The molecule has 1 N–H and O–H groups in total. The van der Waals surface area contributed by atoms with E-state index in [0.717, 1.165) is 12.0 Å². The molecule has 0 aliphatic carbocycles. The Kier molecular flexibility index (Phi) is 4.48. The summed E-state index contributed by atoms with van der Waals surface area (Å²) in [5.41, 5.74) is 0.590. The zero-order valence-corrected chi connectivity index (χ0v) is 12.0. The summed E-state index contributed by atoms with van der Waals surface area (Å²) in [5, 5.41) is 3.59. The van der Waals surface area contributed by atoms with E-state index < -0.39 is 0 Å². The predicted molar refractivity (Wildman–Crippen MR) is 74.3 cm³/mol. The van der Waals surface area contributed by atoms with Crippen molar-refractivity contribution in [3.05, 3.63) is 0 Å². The number of likely N-dealkylation sites (tertiary alicyclic amines) is 1. The lowest BCUT2D eigenvalue weighted by atomic mass is 9.81. The highest BCUT2D eigenvalue weighted by Gasteiger charge is 2.38. The molecular weight excluding hydrogens is 208 g/mol. The fourth-order valence-electron chi connectivity index (χ4n) is 3.99. The summed E-state index contributed by atoms with van der Waals surface area (Å²) in [6, 6.07) is 0.851. The van der Waals surface area contributed by atoms with E-state index in [9.17, 15) is 0 Å². The normalized spacial score (nSPS) is 34.9. The highest BCUT2D eigenvalue weighted by Crippen LogP contribution is 2.35. The third-order valence-corrected chi connectivity index (χ3v) is 4.83. The van der Waals surface area contributed by atoms with Crippen LogP contribution in [0.2, 0.25) is 0 Å². The minimum Gasteiger partial charge on any atom is -0.316 e. The van der Waals surface area contributed by atoms with Gasteiger partial charge in [-0.15, -0.1) is 0 Å². The summed E-state index contributed by atoms with van der Waals surface area (Å²) in [6.45, 7) is 12.3. The van der Waals surface area contributed by atoms with E-state index in [1.54, 1.807) is 0 Å². The van der Waals surface area contributed by atoms with E-state index in [0.29, 0.717) is 5.41 Å². The summed E-state index contributed by atoms with van der Waals surface area (Å²) in [7, 11) is 0. The largest absolute Gasteiger partial charge is 0.316 e. The van der Waals surface area contributed by atoms with Gasteiger partial charge in [0.15, 0.2) is 0 Å². The molecule has 0 bridgehead atoms. The standard InChI is InChI=1S/C15H30N2/c1-4-7-15(8-9-16-11-15)12-17-10-5-6-14(17)13(2)3/h13-14,16H,4-12H2,1-3H3. The van der Waals surface area contributed by atoms with Crippen molar-refractivity contribution in [1.82, 2.24) is 10.2 Å². The molecule has 0 spiro atoms. The van der Waals surface area contributed by atoms with Gasteiger partial charge in [-0.1, -0.05) is 27.2 Å². The molecular formula is C15H30N2. The zero-order valence-electron chi connectivity index (χ0n) is 12.0. The fourth-order valence-corrected chi connectivity index (χ4v) is 3.99. The molecule has 0 aromatic rings. The van der Waals surface area contributed by atoms with Gasteiger partial charge in [0.05, 0.1) is 0 Å². The first kappa shape index (κ1) is 13.4. The van der Waals surface area contributed by atoms with Crippen molar-refractivity contribution >= 4 is 0 Å². The summed E-state index contributed by atoms with van der Waals surface area (Å²) in [6.07, 6.45) is 6.97. The first-order valence-corrected chi connectivity index (χ1v) is 7.62. The van der Waals surface area contributed by atoms with Gasteiger partial charge in [0, 0.05) is 19.1 Å². The van der Waals surface area contributed by atoms with Gasteiger partial charge in [-0.25, -0.2) is 0 Å². The van der Waals surface area contributed by atoms with Crippen molar-refractivity contribution < 1.29 is 0 Å². The number of nitrogens with one attached hydrogen (secondary N) is 1. The van der Waals surface area contributed by atoms with Crippen LogP contribution in [-0.4, -0.2) is 37.1 Å². The fraction of sp³-hybridized carbons (Fsp3) is 1.00. The molecule has 2 aliphatic heterocycles. The molecule has 100 valence electrons. The molecule has 0 saturated carbocycles. The third kappa shape index (κ3) is 3.03. The Bertz CT molecular complexity index is 231. The summed E-state index contributed by atoms with van der Waals surface area (Å²) in [4.78, 5) is 2.80. The molecule has 2 aliphatic rings. The van der Waals surface area contributed by atoms with Crippen molar-refractivity contribution in [2.45, 2.75) is 58.9 Å². The van der Waals surface area contributed by atoms with Gasteiger partial charge in [-0.2, -0.15) is 0 Å². The van der Waals surface area contributed by atoms with Crippen LogP contribution >= 0.6 is 0 Å². The Morgan fingerprint density at radius 3 is 2.82 bits per heavy atom. The number of hydrogen-bond acceptors (Lipinski definition) is 2. The second-order valence-corrected chi connectivity index (χ2v) is 6.60. The predicted octanol–water partition coefficient (Wildman–Crippen LogP) is 2.89. The smallest absolute Gasteiger partial charge is 0.0119 e. The Balaban J connectivity index is 1.97. The van der Waals surface area contributed by atoms with Gasteiger partial charge in [0.2, 0.25) is 0 Å². The maximum Gasteiger partial charge on any atom is 0.0119 e. The first-order valence-electron chi connectivity index (χ1n) is 7.62. The topological polar surface area (TPSA) is 15.3 Å². The Morgan fingerprint density at radius 1 is 1.41 bits per heavy atom. The molecule has 2 heteroatoms. The maximum absolute atomic E-state index is 3.59. The number of rotatable bonds is 5. The van der Waals surface area contributed by atoms with Gasteiger partial charge < -0.3 is 5.32 Å². The van der Waals surface area contributed by atoms with Crippen molar-refractivity contribution in [3.63, 3.8) is 0 Å². The molecule has 2 unspecified atom stereocenters. The van der Waals surface area contributed by atoms with Gasteiger partial charge in [0.1, 0.15) is 0 Å². The van der Waals surface area contributed by atoms with E-state index in [1.165, 1.54) is 58.3 Å². The van der Waals surface area contributed by atoms with Crippen LogP contribution in [0.15, 0.2) is 0 Å². The second kappa shape index (κ2) is 5.71. The average molecular weight is 238 g/mol. The lowest BCUT2D eigenvalue weighted by molar-refractivity contribution is 0.121. The molecule has 2 atom stereocenters. The summed E-state index contributed by atoms with van der Waals surface area (Å²) in [5.74, 6) is 0.825. The van der Waals surface area contributed by atoms with Crippen LogP contribution in [0.25, 0.3) is 0 Å². The molecule has 17 heavy (non-hydrogen) atoms. The molecule has 2 nitrogen and oxygen atoms in total. The van der Waals surface area contributed by atoms with E-state index in [1.807, 2.05) is 0 Å². The van der Waals surface area contributed by atoms with Gasteiger partial charge >= 0.3 is 0 Å². The van der Waals surface area contributed by atoms with Crippen LogP contribution in [0, 0.1) is 11.3 Å². The highest BCUT2D eigenvalue weighted by molar-refractivity contribution is 4.93. The molecule has 0 aromatic heterocycles. The molecule has 2 saturated heterocycles. The van der Waals surface area contributed by atoms with E-state index in [-0.39, 0.29) is 0 Å². The maximum atomic E-state index is 3.59. The van der Waals surface area contributed by atoms with Crippen LogP contribution < -0.4 is 5.32 Å². The first-order chi connectivity index (χ1) is 8.17. The highest BCUT2D eigenvalue weighted by atomic mass is 15.2. The molecule has 2 fully saturated rings. The van der Waals surface area contributed by atoms with Crippen molar-refractivity contribution in [2.75, 3.05) is 26.2 Å². The molecule has 0 amide bonds. The lowest BCUT2D eigenvalue weighted by Gasteiger charge is -2.37. The number of nitrogens with zero attached hydrogens (tertiary/aromatic N) is 1. The Hall–Kier alpha value is -0.0800. The van der Waals surface area contributed by atoms with Crippen molar-refractivity contribution in [1.29, 1.82) is 0 Å². The van der Waals surface area contributed by atoms with Crippen molar-refractivity contribution in [3.8, 4) is 0 Å². The Labute approximate surface area is 107 Å². The van der Waals surface area contributed by atoms with Crippen LogP contribution in [0.4, 0.5) is 0 Å². The minimum atomic E-state index is 0.590. The SMILES string of the molecule is CCCC1(CN2CCCC2C(C)C)CCNC1. The molecule has 0 aromatic carbocycles. The van der Waals surface area contributed by atoms with Crippen LogP contribution in [-0.2, 0) is 0 Å². The Morgan fingerprint density at radius 2 is 2.24 bits per heavy atom. The summed E-state index contributed by atoms with van der Waals surface area (Å²) >= 11 is 0. The monoisotopic (exact) mass is 238 g/mol. The number of hydrogen-bond donors (Lipinski definition) is 1. The zero-order chi connectivity index (χ0) is 12.3. The van der Waals surface area contributed by atoms with E-state index in [2.05, 4.69) is 31.0 Å². The van der Waals surface area contributed by atoms with E-state index >= 15 is 0 Å².